The van der Waals surface area contributed by atoms with Crippen molar-refractivity contribution in [3.63, 3.8) is 0 Å². The lowest BCUT2D eigenvalue weighted by Gasteiger charge is -2.29. The number of carbonyl (C=O) groups is 1. The summed E-state index contributed by atoms with van der Waals surface area (Å²) in [6, 6.07) is 21.1. The van der Waals surface area contributed by atoms with Crippen LogP contribution in [0.3, 0.4) is 0 Å². The summed E-state index contributed by atoms with van der Waals surface area (Å²) in [5.41, 5.74) is 4.56. The van der Waals surface area contributed by atoms with Crippen LogP contribution in [0.1, 0.15) is 5.56 Å². The molecule has 0 aliphatic carbocycles. The first kappa shape index (κ1) is 26.3. The van der Waals surface area contributed by atoms with Gasteiger partial charge in [0.25, 0.3) is 0 Å². The first-order chi connectivity index (χ1) is 19.5. The minimum absolute atomic E-state index is 0.283. The number of ether oxygens (including phenoxy) is 1. The Morgan fingerprint density at radius 1 is 1.02 bits per heavy atom. The molecule has 1 saturated heterocycles. The molecule has 10 heteroatoms. The molecule has 0 bridgehead atoms. The lowest BCUT2D eigenvalue weighted by molar-refractivity contribution is -0.111. The van der Waals surface area contributed by atoms with Crippen LogP contribution in [0.15, 0.2) is 85.6 Å². The van der Waals surface area contributed by atoms with Gasteiger partial charge in [-0.05, 0) is 54.6 Å². The number of benzene rings is 3. The van der Waals surface area contributed by atoms with Gasteiger partial charge in [-0.1, -0.05) is 24.8 Å². The van der Waals surface area contributed by atoms with Crippen molar-refractivity contribution in [2.75, 3.05) is 47.2 Å². The average Bonchev–Trinajstić information content (AvgIpc) is 2.98. The zero-order chi connectivity index (χ0) is 27.9. The van der Waals surface area contributed by atoms with E-state index >= 15 is 0 Å². The fourth-order valence-corrected chi connectivity index (χ4v) is 4.28. The molecule has 9 nitrogen and oxygen atoms in total. The van der Waals surface area contributed by atoms with Gasteiger partial charge in [-0.2, -0.15) is 5.26 Å². The first-order valence-electron chi connectivity index (χ1n) is 12.6. The average molecular weight is 536 g/mol. The lowest BCUT2D eigenvalue weighted by atomic mass is 10.1. The molecule has 4 aromatic rings. The lowest BCUT2D eigenvalue weighted by Crippen LogP contribution is -2.36. The number of hydrogen-bond acceptors (Lipinski definition) is 8. The van der Waals surface area contributed by atoms with Crippen LogP contribution in [0.2, 0.25) is 0 Å². The van der Waals surface area contributed by atoms with E-state index in [-0.39, 0.29) is 5.56 Å². The first-order valence-corrected chi connectivity index (χ1v) is 12.6. The van der Waals surface area contributed by atoms with Crippen LogP contribution in [0.25, 0.3) is 11.3 Å². The molecule has 0 radical (unpaired) electrons. The summed E-state index contributed by atoms with van der Waals surface area (Å²) in [7, 11) is 0. The van der Waals surface area contributed by atoms with E-state index < -0.39 is 11.7 Å². The molecule has 0 unspecified atom stereocenters. The number of amides is 1. The van der Waals surface area contributed by atoms with Crippen LogP contribution < -0.4 is 20.9 Å². The number of anilines is 6. The number of rotatable bonds is 8. The van der Waals surface area contributed by atoms with Crippen molar-refractivity contribution in [1.29, 1.82) is 5.26 Å². The second kappa shape index (κ2) is 12.1. The van der Waals surface area contributed by atoms with Crippen molar-refractivity contribution >= 4 is 40.3 Å². The minimum Gasteiger partial charge on any atom is -0.378 e. The number of morpholine rings is 1. The third-order valence-corrected chi connectivity index (χ3v) is 6.23. The number of carbonyl (C=O) groups excluding carboxylic acids is 1. The number of nitriles is 1. The van der Waals surface area contributed by atoms with E-state index in [1.165, 1.54) is 12.1 Å². The predicted octanol–water partition coefficient (Wildman–Crippen LogP) is 5.60. The van der Waals surface area contributed by atoms with E-state index in [1.807, 2.05) is 24.3 Å². The molecule has 0 atom stereocenters. The van der Waals surface area contributed by atoms with E-state index in [9.17, 15) is 14.4 Å². The van der Waals surface area contributed by atoms with E-state index in [0.29, 0.717) is 47.5 Å². The molecular formula is C30H26FN7O2. The zero-order valence-corrected chi connectivity index (χ0v) is 21.5. The maximum absolute atomic E-state index is 13.9. The van der Waals surface area contributed by atoms with Gasteiger partial charge < -0.3 is 25.6 Å². The number of nitrogens with one attached hydrogen (secondary N) is 3. The summed E-state index contributed by atoms with van der Waals surface area (Å²) in [5.74, 6) is -0.504. The molecule has 40 heavy (non-hydrogen) atoms. The van der Waals surface area contributed by atoms with Gasteiger partial charge in [0.2, 0.25) is 11.9 Å². The van der Waals surface area contributed by atoms with Crippen molar-refractivity contribution < 1.29 is 13.9 Å². The number of aromatic nitrogens is 2. The normalized spacial score (nSPS) is 12.8. The second-order valence-electron chi connectivity index (χ2n) is 8.93. The van der Waals surface area contributed by atoms with Crippen molar-refractivity contribution in [3.05, 3.63) is 97.0 Å². The maximum atomic E-state index is 13.9. The highest BCUT2D eigenvalue weighted by molar-refractivity contribution is 6.00. The molecule has 3 N–H and O–H groups in total. The fourth-order valence-electron chi connectivity index (χ4n) is 4.28. The van der Waals surface area contributed by atoms with Crippen LogP contribution in [0.5, 0.6) is 0 Å². The zero-order valence-electron chi connectivity index (χ0n) is 21.5. The van der Waals surface area contributed by atoms with E-state index in [4.69, 9.17) is 9.72 Å². The molecule has 0 saturated carbocycles. The molecule has 1 amide bonds. The highest BCUT2D eigenvalue weighted by Crippen LogP contribution is 2.33. The van der Waals surface area contributed by atoms with Crippen molar-refractivity contribution in [2.24, 2.45) is 0 Å². The minimum atomic E-state index is -0.447. The smallest absolute Gasteiger partial charge is 0.247 e. The molecule has 2 heterocycles. The van der Waals surface area contributed by atoms with Gasteiger partial charge >= 0.3 is 0 Å². The summed E-state index contributed by atoms with van der Waals surface area (Å²) in [6.07, 6.45) is 2.73. The Kier molecular flexibility index (Phi) is 7.94. The Morgan fingerprint density at radius 2 is 1.80 bits per heavy atom. The topological polar surface area (TPSA) is 115 Å². The Morgan fingerprint density at radius 3 is 2.55 bits per heavy atom. The predicted molar refractivity (Wildman–Crippen MR) is 153 cm³/mol. The van der Waals surface area contributed by atoms with Crippen LogP contribution in [0, 0.1) is 17.1 Å². The molecule has 1 aliphatic heterocycles. The Labute approximate surface area is 231 Å². The van der Waals surface area contributed by atoms with E-state index in [2.05, 4.69) is 38.5 Å². The molecule has 200 valence electrons. The highest BCUT2D eigenvalue weighted by Gasteiger charge is 2.15. The van der Waals surface area contributed by atoms with E-state index in [1.54, 1.807) is 36.5 Å². The largest absolute Gasteiger partial charge is 0.378 e. The van der Waals surface area contributed by atoms with E-state index in [0.717, 1.165) is 30.5 Å². The summed E-state index contributed by atoms with van der Waals surface area (Å²) in [4.78, 5) is 23.5. The van der Waals surface area contributed by atoms with Crippen molar-refractivity contribution in [1.82, 2.24) is 9.97 Å². The van der Waals surface area contributed by atoms with Gasteiger partial charge in [-0.15, -0.1) is 0 Å². The molecule has 3 aromatic carbocycles. The van der Waals surface area contributed by atoms with Gasteiger partial charge in [-0.3, -0.25) is 4.79 Å². The van der Waals surface area contributed by atoms with Gasteiger partial charge in [0, 0.05) is 35.7 Å². The standard InChI is InChI=1S/C30H26FN7O2/c1-2-28(39)36-26-15-20(9-10-21(26)18-32)29-27(34-23-6-3-5-22(31)16-23)19-33-30(37-29)35-24-7-4-8-25(17-24)38-11-13-40-14-12-38/h2-10,15-17,19,34H,1,11-14H2,(H,36,39)(H,33,35,37). The molecule has 1 aromatic heterocycles. The third-order valence-electron chi connectivity index (χ3n) is 6.23. The van der Waals surface area contributed by atoms with Gasteiger partial charge in [0.05, 0.1) is 42.0 Å². The SMILES string of the molecule is C=CC(=O)Nc1cc(-c2nc(Nc3cccc(N4CCOCC4)c3)ncc2Nc2cccc(F)c2)ccc1C#N. The Hall–Kier alpha value is -5.27. The monoisotopic (exact) mass is 535 g/mol. The van der Waals surface area contributed by atoms with Gasteiger partial charge in [0.15, 0.2) is 0 Å². The Balaban J connectivity index is 1.52. The van der Waals surface area contributed by atoms with Crippen LogP contribution >= 0.6 is 0 Å². The molecular weight excluding hydrogens is 509 g/mol. The maximum Gasteiger partial charge on any atom is 0.247 e. The molecule has 1 fully saturated rings. The second-order valence-corrected chi connectivity index (χ2v) is 8.93. The fraction of sp³-hybridized carbons (Fsp3) is 0.133. The molecule has 1 aliphatic rings. The van der Waals surface area contributed by atoms with Crippen molar-refractivity contribution in [2.45, 2.75) is 0 Å². The van der Waals surface area contributed by atoms with Crippen LogP contribution in [0.4, 0.5) is 38.8 Å². The summed E-state index contributed by atoms with van der Waals surface area (Å²) in [6.45, 7) is 6.47. The van der Waals surface area contributed by atoms with Crippen LogP contribution in [-0.4, -0.2) is 42.2 Å². The van der Waals surface area contributed by atoms with Crippen molar-refractivity contribution in [3.8, 4) is 17.3 Å². The van der Waals surface area contributed by atoms with Crippen LogP contribution in [-0.2, 0) is 9.53 Å². The Bertz CT molecular complexity index is 1600. The summed E-state index contributed by atoms with van der Waals surface area (Å²) >= 11 is 0. The molecule has 0 spiro atoms. The number of nitrogens with zero attached hydrogens (tertiary/aromatic N) is 4. The highest BCUT2D eigenvalue weighted by atomic mass is 19.1. The third kappa shape index (κ3) is 6.23. The van der Waals surface area contributed by atoms with Gasteiger partial charge in [-0.25, -0.2) is 14.4 Å². The number of halogens is 1. The number of hydrogen-bond donors (Lipinski definition) is 3. The van der Waals surface area contributed by atoms with Gasteiger partial charge in [0.1, 0.15) is 11.9 Å². The summed E-state index contributed by atoms with van der Waals surface area (Å²) < 4.78 is 19.4. The molecule has 5 rings (SSSR count). The quantitative estimate of drug-likeness (QED) is 0.250. The summed E-state index contributed by atoms with van der Waals surface area (Å²) in [5, 5.41) is 18.7.